The van der Waals surface area contributed by atoms with Gasteiger partial charge in [0, 0.05) is 10.5 Å². The van der Waals surface area contributed by atoms with Crippen LogP contribution in [0.5, 0.6) is 5.75 Å². The SMILES string of the molecule is COc1cccc(C2=NOC(=O)[C@]2(F)[C@H](C[N+](=O)[O-])c2ccccc2)c1. The van der Waals surface area contributed by atoms with Gasteiger partial charge >= 0.3 is 5.97 Å². The highest BCUT2D eigenvalue weighted by Crippen LogP contribution is 2.40. The van der Waals surface area contributed by atoms with E-state index < -0.39 is 29.0 Å². The second-order valence-electron chi connectivity index (χ2n) is 5.74. The van der Waals surface area contributed by atoms with Crippen molar-refractivity contribution in [2.24, 2.45) is 5.16 Å². The Kier molecular flexibility index (Phi) is 4.66. The molecule has 1 heterocycles. The van der Waals surface area contributed by atoms with E-state index in [-0.39, 0.29) is 11.3 Å². The van der Waals surface area contributed by atoms with Crippen molar-refractivity contribution in [3.05, 3.63) is 75.8 Å². The molecule has 0 unspecified atom stereocenters. The van der Waals surface area contributed by atoms with Crippen LogP contribution in [0.15, 0.2) is 59.8 Å². The van der Waals surface area contributed by atoms with E-state index in [9.17, 15) is 14.9 Å². The predicted octanol–water partition coefficient (Wildman–Crippen LogP) is 2.72. The van der Waals surface area contributed by atoms with E-state index in [4.69, 9.17) is 4.74 Å². The molecule has 0 fully saturated rings. The fourth-order valence-electron chi connectivity index (χ4n) is 2.95. The van der Waals surface area contributed by atoms with Crippen LogP contribution in [0.3, 0.4) is 0 Å². The van der Waals surface area contributed by atoms with Gasteiger partial charge in [0.25, 0.3) is 5.67 Å². The maximum absolute atomic E-state index is 16.1. The van der Waals surface area contributed by atoms with Crippen molar-refractivity contribution < 1.29 is 23.7 Å². The number of rotatable bonds is 6. The summed E-state index contributed by atoms with van der Waals surface area (Å²) in [6.07, 6.45) is 0. The van der Waals surface area contributed by atoms with Gasteiger partial charge in [0.05, 0.1) is 13.0 Å². The first kappa shape index (κ1) is 17.5. The summed E-state index contributed by atoms with van der Waals surface area (Å²) in [6, 6.07) is 14.3. The van der Waals surface area contributed by atoms with Gasteiger partial charge in [0.2, 0.25) is 6.54 Å². The first-order chi connectivity index (χ1) is 12.5. The number of halogens is 1. The van der Waals surface area contributed by atoms with Crippen LogP contribution in [0, 0.1) is 10.1 Å². The van der Waals surface area contributed by atoms with Crippen molar-refractivity contribution in [1.82, 2.24) is 0 Å². The van der Waals surface area contributed by atoms with Crippen molar-refractivity contribution >= 4 is 11.7 Å². The van der Waals surface area contributed by atoms with Crippen LogP contribution >= 0.6 is 0 Å². The van der Waals surface area contributed by atoms with Gasteiger partial charge in [-0.2, -0.15) is 0 Å². The van der Waals surface area contributed by atoms with Crippen molar-refractivity contribution in [1.29, 1.82) is 0 Å². The van der Waals surface area contributed by atoms with Gasteiger partial charge in [-0.15, -0.1) is 0 Å². The van der Waals surface area contributed by atoms with Crippen LogP contribution in [0.25, 0.3) is 0 Å². The van der Waals surface area contributed by atoms with E-state index in [1.165, 1.54) is 31.4 Å². The Bertz CT molecular complexity index is 871. The second kappa shape index (κ2) is 6.91. The Morgan fingerprint density at radius 3 is 2.65 bits per heavy atom. The number of oxime groups is 1. The summed E-state index contributed by atoms with van der Waals surface area (Å²) < 4.78 is 21.2. The number of carbonyl (C=O) groups excluding carboxylic acids is 1. The summed E-state index contributed by atoms with van der Waals surface area (Å²) in [5.74, 6) is -2.23. The van der Waals surface area contributed by atoms with E-state index in [1.807, 2.05) is 0 Å². The molecule has 0 radical (unpaired) electrons. The summed E-state index contributed by atoms with van der Waals surface area (Å²) in [5, 5.41) is 14.7. The van der Waals surface area contributed by atoms with Gasteiger partial charge < -0.3 is 9.57 Å². The number of ether oxygens (including phenoxy) is 1. The highest BCUT2D eigenvalue weighted by atomic mass is 19.1. The molecule has 8 heteroatoms. The average molecular weight is 358 g/mol. The van der Waals surface area contributed by atoms with Crippen LogP contribution in [-0.4, -0.2) is 35.9 Å². The molecule has 134 valence electrons. The van der Waals surface area contributed by atoms with E-state index in [1.54, 1.807) is 30.3 Å². The summed E-state index contributed by atoms with van der Waals surface area (Å²) in [5.41, 5.74) is -2.54. The molecule has 0 amide bonds. The molecule has 2 aromatic rings. The van der Waals surface area contributed by atoms with E-state index in [0.717, 1.165) is 0 Å². The molecule has 1 aliphatic heterocycles. The molecule has 26 heavy (non-hydrogen) atoms. The zero-order valence-electron chi connectivity index (χ0n) is 13.8. The quantitative estimate of drug-likeness (QED) is 0.450. The third-order valence-corrected chi connectivity index (χ3v) is 4.22. The lowest BCUT2D eigenvalue weighted by Gasteiger charge is -2.25. The first-order valence-corrected chi connectivity index (χ1v) is 7.76. The number of carbonyl (C=O) groups is 1. The standard InChI is InChI=1S/C18H15FN2O5/c1-25-14-9-5-8-13(10-14)16-18(19,17(22)26-20-16)15(11-21(23)24)12-6-3-2-4-7-12/h2-10,15H,11H2,1H3/t15-,18+/m1/s1. The van der Waals surface area contributed by atoms with E-state index >= 15 is 4.39 Å². The number of methoxy groups -OCH3 is 1. The monoisotopic (exact) mass is 358 g/mol. The minimum absolute atomic E-state index is 0.252. The highest BCUT2D eigenvalue weighted by Gasteiger charge is 2.59. The third-order valence-electron chi connectivity index (χ3n) is 4.22. The molecule has 0 spiro atoms. The largest absolute Gasteiger partial charge is 0.497 e. The molecule has 3 rings (SSSR count). The molecule has 0 aliphatic carbocycles. The smallest absolute Gasteiger partial charge is 0.379 e. The summed E-state index contributed by atoms with van der Waals surface area (Å²) in [6.45, 7) is -0.793. The minimum atomic E-state index is -2.79. The lowest BCUT2D eigenvalue weighted by atomic mass is 9.78. The van der Waals surface area contributed by atoms with Gasteiger partial charge in [0.15, 0.2) is 0 Å². The number of alkyl halides is 1. The third kappa shape index (κ3) is 3.01. The Hall–Kier alpha value is -3.29. The van der Waals surface area contributed by atoms with Crippen molar-refractivity contribution in [2.75, 3.05) is 13.7 Å². The van der Waals surface area contributed by atoms with Gasteiger partial charge in [0.1, 0.15) is 11.5 Å². The maximum atomic E-state index is 16.1. The van der Waals surface area contributed by atoms with Crippen LogP contribution in [0.4, 0.5) is 4.39 Å². The molecule has 0 bridgehead atoms. The zero-order chi connectivity index (χ0) is 18.7. The van der Waals surface area contributed by atoms with Crippen molar-refractivity contribution in [3.8, 4) is 5.75 Å². The van der Waals surface area contributed by atoms with E-state index in [2.05, 4.69) is 9.99 Å². The van der Waals surface area contributed by atoms with Gasteiger partial charge in [-0.3, -0.25) is 10.1 Å². The summed E-state index contributed by atoms with van der Waals surface area (Å²) >= 11 is 0. The average Bonchev–Trinajstić information content (AvgIpc) is 2.96. The highest BCUT2D eigenvalue weighted by molar-refractivity contribution is 6.21. The topological polar surface area (TPSA) is 91.0 Å². The molecule has 0 aromatic heterocycles. The van der Waals surface area contributed by atoms with Crippen LogP contribution in [0.1, 0.15) is 17.0 Å². The Morgan fingerprint density at radius 1 is 1.27 bits per heavy atom. The number of benzene rings is 2. The van der Waals surface area contributed by atoms with Gasteiger partial charge in [-0.25, -0.2) is 9.18 Å². The number of hydrogen-bond donors (Lipinski definition) is 0. The Morgan fingerprint density at radius 2 is 2.00 bits per heavy atom. The van der Waals surface area contributed by atoms with Crippen LogP contribution in [0.2, 0.25) is 0 Å². The van der Waals surface area contributed by atoms with E-state index in [0.29, 0.717) is 11.3 Å². The zero-order valence-corrected chi connectivity index (χ0v) is 13.8. The van der Waals surface area contributed by atoms with Gasteiger partial charge in [-0.05, 0) is 17.7 Å². The molecular weight excluding hydrogens is 343 g/mol. The summed E-state index contributed by atoms with van der Waals surface area (Å²) in [7, 11) is 1.44. The molecule has 1 aliphatic rings. The Labute approximate surface area is 148 Å². The number of nitro groups is 1. The lowest BCUT2D eigenvalue weighted by Crippen LogP contribution is -2.47. The fourth-order valence-corrected chi connectivity index (χ4v) is 2.95. The van der Waals surface area contributed by atoms with Crippen LogP contribution in [-0.2, 0) is 9.63 Å². The number of nitrogens with zero attached hydrogens (tertiary/aromatic N) is 2. The first-order valence-electron chi connectivity index (χ1n) is 7.76. The van der Waals surface area contributed by atoms with Crippen LogP contribution < -0.4 is 4.74 Å². The predicted molar refractivity (Wildman–Crippen MR) is 90.5 cm³/mol. The maximum Gasteiger partial charge on any atom is 0.379 e. The normalized spacial score (nSPS) is 20.2. The second-order valence-corrected chi connectivity index (χ2v) is 5.74. The van der Waals surface area contributed by atoms with Crippen molar-refractivity contribution in [2.45, 2.75) is 11.6 Å². The molecule has 0 saturated heterocycles. The minimum Gasteiger partial charge on any atom is -0.497 e. The lowest BCUT2D eigenvalue weighted by molar-refractivity contribution is -0.485. The number of hydrogen-bond acceptors (Lipinski definition) is 6. The molecule has 7 nitrogen and oxygen atoms in total. The Balaban J connectivity index is 2.11. The molecule has 2 atom stereocenters. The van der Waals surface area contributed by atoms with Gasteiger partial charge in [-0.1, -0.05) is 47.6 Å². The summed E-state index contributed by atoms with van der Waals surface area (Å²) in [4.78, 5) is 27.4. The molecule has 0 saturated carbocycles. The molecular formula is C18H15FN2O5. The molecule has 2 aromatic carbocycles. The molecule has 0 N–H and O–H groups in total. The fraction of sp³-hybridized carbons (Fsp3) is 0.222. The van der Waals surface area contributed by atoms with Crippen molar-refractivity contribution in [3.63, 3.8) is 0 Å².